The number of aliphatic carboxylic acids is 1. The summed E-state index contributed by atoms with van der Waals surface area (Å²) in [6, 6.07) is 31.3. The minimum atomic E-state index is -0.958. The lowest BCUT2D eigenvalue weighted by Crippen LogP contribution is -2.26. The lowest BCUT2D eigenvalue weighted by molar-refractivity contribution is -0.136. The third-order valence-electron chi connectivity index (χ3n) is 6.53. The Balaban J connectivity index is 1.54. The number of carboxylic acids is 1. The van der Waals surface area contributed by atoms with E-state index in [9.17, 15) is 9.59 Å². The van der Waals surface area contributed by atoms with Gasteiger partial charge < -0.3 is 15.2 Å². The molecular formula is C33H32BNO4. The van der Waals surface area contributed by atoms with Gasteiger partial charge in [-0.25, -0.2) is 0 Å². The second-order valence-corrected chi connectivity index (χ2v) is 10.5. The Hall–Kier alpha value is -4.32. The number of carboxylic acid groups (broad SMARTS) is 1. The highest BCUT2D eigenvalue weighted by Gasteiger charge is 2.18. The molecule has 0 aliphatic rings. The maximum Gasteiger partial charge on any atom is 0.305 e. The maximum atomic E-state index is 12.4. The van der Waals surface area contributed by atoms with Crippen molar-refractivity contribution >= 4 is 25.2 Å². The molecule has 1 amide bonds. The zero-order valence-corrected chi connectivity index (χ0v) is 22.5. The molecule has 39 heavy (non-hydrogen) atoms. The van der Waals surface area contributed by atoms with E-state index < -0.39 is 12.1 Å². The molecule has 5 nitrogen and oxygen atoms in total. The summed E-state index contributed by atoms with van der Waals surface area (Å²) in [4.78, 5) is 23.1. The minimum absolute atomic E-state index is 0.0732. The Morgan fingerprint density at radius 1 is 0.795 bits per heavy atom. The van der Waals surface area contributed by atoms with Crippen molar-refractivity contribution in [2.24, 2.45) is 0 Å². The summed E-state index contributed by atoms with van der Waals surface area (Å²) in [5.74, 6) is -0.568. The Labute approximate surface area is 231 Å². The monoisotopic (exact) mass is 517 g/mol. The van der Waals surface area contributed by atoms with Crippen LogP contribution in [0.2, 0.25) is 0 Å². The van der Waals surface area contributed by atoms with Crippen molar-refractivity contribution in [3.63, 3.8) is 0 Å². The van der Waals surface area contributed by atoms with Gasteiger partial charge >= 0.3 is 5.97 Å². The van der Waals surface area contributed by atoms with Gasteiger partial charge in [-0.1, -0.05) is 99.0 Å². The van der Waals surface area contributed by atoms with E-state index in [0.29, 0.717) is 16.8 Å². The van der Waals surface area contributed by atoms with Gasteiger partial charge in [-0.15, -0.1) is 0 Å². The smallest absolute Gasteiger partial charge is 0.305 e. The topological polar surface area (TPSA) is 75.6 Å². The molecule has 6 heteroatoms. The largest absolute Gasteiger partial charge is 0.481 e. The Bertz CT molecular complexity index is 1410. The van der Waals surface area contributed by atoms with Crippen LogP contribution >= 0.6 is 0 Å². The van der Waals surface area contributed by atoms with Gasteiger partial charge in [0.05, 0.1) is 6.42 Å². The normalized spacial score (nSPS) is 12.0. The fourth-order valence-electron chi connectivity index (χ4n) is 4.22. The molecule has 0 saturated heterocycles. The van der Waals surface area contributed by atoms with Crippen LogP contribution in [0, 0.1) is 0 Å². The third-order valence-corrected chi connectivity index (χ3v) is 6.53. The van der Waals surface area contributed by atoms with Crippen molar-refractivity contribution in [3.05, 3.63) is 119 Å². The molecule has 2 radical (unpaired) electrons. The van der Waals surface area contributed by atoms with Gasteiger partial charge in [0, 0.05) is 12.1 Å². The number of rotatable bonds is 9. The first kappa shape index (κ1) is 27.7. The van der Waals surface area contributed by atoms with Gasteiger partial charge in [-0.3, -0.25) is 9.59 Å². The molecule has 4 aromatic carbocycles. The third kappa shape index (κ3) is 7.38. The van der Waals surface area contributed by atoms with E-state index in [1.54, 1.807) is 12.1 Å². The number of hydrogen-bond donors (Lipinski definition) is 2. The number of nitrogens with one attached hydrogen (secondary N) is 1. The summed E-state index contributed by atoms with van der Waals surface area (Å²) in [6.07, 6.45) is -0.551. The molecular weight excluding hydrogens is 485 g/mol. The molecule has 0 aliphatic heterocycles. The lowest BCUT2D eigenvalue weighted by Gasteiger charge is -2.21. The average Bonchev–Trinajstić information content (AvgIpc) is 2.92. The molecule has 0 fully saturated rings. The molecule has 196 valence electrons. The number of benzene rings is 4. The molecule has 0 saturated carbocycles. The van der Waals surface area contributed by atoms with Crippen molar-refractivity contribution in [2.45, 2.75) is 38.7 Å². The fraction of sp³-hybridized carbons (Fsp3) is 0.212. The average molecular weight is 517 g/mol. The molecule has 0 spiro atoms. The van der Waals surface area contributed by atoms with E-state index in [2.05, 4.69) is 50.4 Å². The summed E-state index contributed by atoms with van der Waals surface area (Å²) in [7, 11) is 5.91. The van der Waals surface area contributed by atoms with Crippen molar-refractivity contribution in [2.75, 3.05) is 6.54 Å². The van der Waals surface area contributed by atoms with Crippen LogP contribution < -0.4 is 15.5 Å². The quantitative estimate of drug-likeness (QED) is 0.275. The SMILES string of the molecule is [B]c1ccc(C(Oc2ccc(-c3ccc(C(C)(C)C)cc3)cc2)c2ccc(C(=O)NCCC(=O)O)cc2)cc1. The van der Waals surface area contributed by atoms with Crippen LogP contribution in [0.15, 0.2) is 97.1 Å². The molecule has 1 unspecified atom stereocenters. The zero-order chi connectivity index (χ0) is 28.0. The van der Waals surface area contributed by atoms with E-state index in [1.165, 1.54) is 5.56 Å². The Kier molecular flexibility index (Phi) is 8.55. The van der Waals surface area contributed by atoms with Gasteiger partial charge in [0.2, 0.25) is 0 Å². The highest BCUT2D eigenvalue weighted by Crippen LogP contribution is 2.31. The van der Waals surface area contributed by atoms with Gasteiger partial charge in [0.25, 0.3) is 5.91 Å². The first-order chi connectivity index (χ1) is 18.6. The summed E-state index contributed by atoms with van der Waals surface area (Å²) in [6.45, 7) is 6.69. The van der Waals surface area contributed by atoms with E-state index in [1.807, 2.05) is 60.7 Å². The Morgan fingerprint density at radius 2 is 1.31 bits per heavy atom. The van der Waals surface area contributed by atoms with Crippen molar-refractivity contribution in [3.8, 4) is 16.9 Å². The summed E-state index contributed by atoms with van der Waals surface area (Å²) in [5.41, 5.74) is 6.53. The molecule has 4 rings (SSSR count). The maximum absolute atomic E-state index is 12.4. The predicted octanol–water partition coefficient (Wildman–Crippen LogP) is 5.82. The number of carbonyl (C=O) groups excluding carboxylic acids is 1. The first-order valence-corrected chi connectivity index (χ1v) is 12.9. The van der Waals surface area contributed by atoms with E-state index in [0.717, 1.165) is 22.3 Å². The molecule has 4 aromatic rings. The van der Waals surface area contributed by atoms with Crippen LogP contribution in [-0.2, 0) is 10.2 Å². The molecule has 0 bridgehead atoms. The lowest BCUT2D eigenvalue weighted by atomic mass is 9.86. The second kappa shape index (κ2) is 12.0. The van der Waals surface area contributed by atoms with Crippen molar-refractivity contribution in [1.82, 2.24) is 5.32 Å². The van der Waals surface area contributed by atoms with Crippen molar-refractivity contribution in [1.29, 1.82) is 0 Å². The van der Waals surface area contributed by atoms with Crippen LogP contribution in [0.1, 0.15) is 60.3 Å². The number of amides is 1. The van der Waals surface area contributed by atoms with E-state index >= 15 is 0 Å². The van der Waals surface area contributed by atoms with Crippen LogP contribution in [-0.4, -0.2) is 31.4 Å². The van der Waals surface area contributed by atoms with Crippen LogP contribution in [0.25, 0.3) is 11.1 Å². The molecule has 0 aromatic heterocycles. The van der Waals surface area contributed by atoms with Crippen LogP contribution in [0.3, 0.4) is 0 Å². The fourth-order valence-corrected chi connectivity index (χ4v) is 4.22. The minimum Gasteiger partial charge on any atom is -0.481 e. The second-order valence-electron chi connectivity index (χ2n) is 10.5. The number of hydrogen-bond acceptors (Lipinski definition) is 3. The highest BCUT2D eigenvalue weighted by molar-refractivity contribution is 6.32. The van der Waals surface area contributed by atoms with Gasteiger partial charge in [0.15, 0.2) is 0 Å². The van der Waals surface area contributed by atoms with E-state index in [-0.39, 0.29) is 24.3 Å². The van der Waals surface area contributed by atoms with Crippen LogP contribution in [0.4, 0.5) is 0 Å². The standard InChI is InChI=1S/C33H32BNO4/c1-33(2,3)27-14-8-22(9-15-27)23-12-18-29(19-13-23)39-31(25-10-16-28(34)17-11-25)24-4-6-26(7-5-24)32(38)35-21-20-30(36)37/h4-19,31H,20-21H2,1-3H3,(H,35,38)(H,36,37). The van der Waals surface area contributed by atoms with Gasteiger partial charge in [0.1, 0.15) is 19.7 Å². The van der Waals surface area contributed by atoms with Crippen molar-refractivity contribution < 1.29 is 19.4 Å². The number of ether oxygens (including phenoxy) is 1. The molecule has 0 heterocycles. The molecule has 0 aliphatic carbocycles. The first-order valence-electron chi connectivity index (χ1n) is 12.9. The zero-order valence-electron chi connectivity index (χ0n) is 22.5. The summed E-state index contributed by atoms with van der Waals surface area (Å²) >= 11 is 0. The molecule has 1 atom stereocenters. The van der Waals surface area contributed by atoms with Gasteiger partial charge in [-0.2, -0.15) is 0 Å². The van der Waals surface area contributed by atoms with Crippen LogP contribution in [0.5, 0.6) is 5.75 Å². The Morgan fingerprint density at radius 3 is 1.82 bits per heavy atom. The van der Waals surface area contributed by atoms with E-state index in [4.69, 9.17) is 17.7 Å². The predicted molar refractivity (Wildman–Crippen MR) is 156 cm³/mol. The summed E-state index contributed by atoms with van der Waals surface area (Å²) in [5, 5.41) is 11.4. The molecule has 2 N–H and O–H groups in total. The van der Waals surface area contributed by atoms with Gasteiger partial charge in [-0.05, 0) is 57.5 Å². The highest BCUT2D eigenvalue weighted by atomic mass is 16.5. The summed E-state index contributed by atoms with van der Waals surface area (Å²) < 4.78 is 6.47. The number of carbonyl (C=O) groups is 2.